The summed E-state index contributed by atoms with van der Waals surface area (Å²) in [4.78, 5) is 20.5. The predicted molar refractivity (Wildman–Crippen MR) is 169 cm³/mol. The van der Waals surface area contributed by atoms with Gasteiger partial charge < -0.3 is 4.18 Å². The second-order valence-electron chi connectivity index (χ2n) is 8.97. The zero-order valence-electron chi connectivity index (χ0n) is 21.3. The van der Waals surface area contributed by atoms with E-state index < -0.39 is 10.1 Å². The van der Waals surface area contributed by atoms with Crippen molar-refractivity contribution >= 4 is 82.3 Å². The van der Waals surface area contributed by atoms with Gasteiger partial charge in [-0.15, -0.1) is 0 Å². The number of carbonyl (C=O) groups is 1. The number of aliphatic imine (C=N–C) groups is 1. The van der Waals surface area contributed by atoms with Crippen molar-refractivity contribution in [3.63, 3.8) is 0 Å². The summed E-state index contributed by atoms with van der Waals surface area (Å²) in [6.45, 7) is 3.98. The van der Waals surface area contributed by atoms with E-state index in [1.807, 2.05) is 62.4 Å². The molecule has 1 saturated heterocycles. The predicted octanol–water partition coefficient (Wildman–Crippen LogP) is 8.40. The van der Waals surface area contributed by atoms with Crippen LogP contribution in [0.5, 0.6) is 5.75 Å². The molecule has 0 bridgehead atoms. The van der Waals surface area contributed by atoms with Gasteiger partial charge in [0.1, 0.15) is 4.90 Å². The van der Waals surface area contributed by atoms with E-state index in [9.17, 15) is 13.2 Å². The fourth-order valence-corrected chi connectivity index (χ4v) is 7.29. The summed E-state index contributed by atoms with van der Waals surface area (Å²) in [7, 11) is -4.13. The Labute approximate surface area is 254 Å². The molecule has 0 saturated carbocycles. The number of hydrogen-bond donors (Lipinski definition) is 0. The molecule has 1 aliphatic rings. The number of amidine groups is 1. The van der Waals surface area contributed by atoms with Crippen LogP contribution in [-0.4, -0.2) is 19.5 Å². The third-order valence-electron chi connectivity index (χ3n) is 5.91. The number of carbonyl (C=O) groups excluding carboxylic acids is 1. The van der Waals surface area contributed by atoms with Crippen molar-refractivity contribution in [3.05, 3.63) is 122 Å². The lowest BCUT2D eigenvalue weighted by atomic mass is 10.1. The first kappa shape index (κ1) is 28.4. The van der Waals surface area contributed by atoms with Gasteiger partial charge in [0, 0.05) is 10.0 Å². The van der Waals surface area contributed by atoms with Gasteiger partial charge in [0.15, 0.2) is 10.9 Å². The molecule has 4 aromatic carbocycles. The second-order valence-corrected chi connectivity index (χ2v) is 13.3. The number of amides is 1. The number of aryl methyl sites for hydroxylation is 2. The van der Waals surface area contributed by atoms with Crippen molar-refractivity contribution in [1.29, 1.82) is 0 Å². The highest BCUT2D eigenvalue weighted by Crippen LogP contribution is 2.41. The summed E-state index contributed by atoms with van der Waals surface area (Å²) in [6, 6.07) is 26.6. The van der Waals surface area contributed by atoms with Crippen molar-refractivity contribution in [2.45, 2.75) is 18.7 Å². The Kier molecular flexibility index (Phi) is 8.32. The molecule has 0 aliphatic carbocycles. The van der Waals surface area contributed by atoms with E-state index in [0.717, 1.165) is 11.1 Å². The fourth-order valence-electron chi connectivity index (χ4n) is 3.86. The standard InChI is InChI=1S/C30H22Br2N2O4S2/c1-19-8-12-23(13-9-19)33-30-34(24-14-10-20(2)11-15-24)29(35)27(39-30)17-21-16-22(31)18-26(32)28(21)38-40(36,37)25-6-4-3-5-7-25/h3-18H,1-2H3/b27-17-,33-30?. The molecular weight excluding hydrogens is 676 g/mol. The van der Waals surface area contributed by atoms with E-state index in [1.165, 1.54) is 23.9 Å². The first-order chi connectivity index (χ1) is 19.1. The van der Waals surface area contributed by atoms with E-state index >= 15 is 0 Å². The van der Waals surface area contributed by atoms with Crippen LogP contribution < -0.4 is 9.08 Å². The number of anilines is 1. The molecule has 1 heterocycles. The topological polar surface area (TPSA) is 76.0 Å². The summed E-state index contributed by atoms with van der Waals surface area (Å²) in [5.41, 5.74) is 3.96. The SMILES string of the molecule is Cc1ccc(N=C2S/C(=C\c3cc(Br)cc(Br)c3OS(=O)(=O)c3ccccc3)C(=O)N2c2ccc(C)cc2)cc1. The van der Waals surface area contributed by atoms with Crippen LogP contribution in [0.2, 0.25) is 0 Å². The van der Waals surface area contributed by atoms with Gasteiger partial charge in [-0.05, 0) is 96.1 Å². The summed E-state index contributed by atoms with van der Waals surface area (Å²) in [5.74, 6) is -0.216. The van der Waals surface area contributed by atoms with Gasteiger partial charge in [-0.3, -0.25) is 9.69 Å². The van der Waals surface area contributed by atoms with Gasteiger partial charge in [-0.25, -0.2) is 4.99 Å². The molecule has 0 radical (unpaired) electrons. The molecular formula is C30H22Br2N2O4S2. The maximum atomic E-state index is 13.8. The molecule has 1 fully saturated rings. The molecule has 4 aromatic rings. The number of thioether (sulfide) groups is 1. The molecule has 1 amide bonds. The van der Waals surface area contributed by atoms with Crippen molar-refractivity contribution in [3.8, 4) is 5.75 Å². The third-order valence-corrected chi connectivity index (χ3v) is 9.16. The van der Waals surface area contributed by atoms with Crippen molar-refractivity contribution in [2.24, 2.45) is 4.99 Å². The summed E-state index contributed by atoms with van der Waals surface area (Å²) >= 11 is 8.10. The Morgan fingerprint density at radius 2 is 1.50 bits per heavy atom. The lowest BCUT2D eigenvalue weighted by Gasteiger charge is -2.16. The number of halogens is 2. The third kappa shape index (κ3) is 6.25. The molecule has 10 heteroatoms. The van der Waals surface area contributed by atoms with Crippen LogP contribution in [0.25, 0.3) is 6.08 Å². The van der Waals surface area contributed by atoms with Crippen LogP contribution in [0.3, 0.4) is 0 Å². The maximum Gasteiger partial charge on any atom is 0.339 e. The highest BCUT2D eigenvalue weighted by Gasteiger charge is 2.35. The molecule has 202 valence electrons. The Bertz CT molecular complexity index is 1750. The lowest BCUT2D eigenvalue weighted by molar-refractivity contribution is -0.113. The number of hydrogen-bond acceptors (Lipinski definition) is 6. The minimum atomic E-state index is -4.13. The zero-order chi connectivity index (χ0) is 28.4. The monoisotopic (exact) mass is 696 g/mol. The Morgan fingerprint density at radius 3 is 2.15 bits per heavy atom. The maximum absolute atomic E-state index is 13.8. The smallest absolute Gasteiger partial charge is 0.339 e. The molecule has 6 nitrogen and oxygen atoms in total. The van der Waals surface area contributed by atoms with Crippen LogP contribution in [0, 0.1) is 13.8 Å². The number of benzene rings is 4. The molecule has 0 spiro atoms. The van der Waals surface area contributed by atoms with Gasteiger partial charge in [-0.2, -0.15) is 8.42 Å². The summed E-state index contributed by atoms with van der Waals surface area (Å²) in [6.07, 6.45) is 1.62. The van der Waals surface area contributed by atoms with Crippen LogP contribution in [-0.2, 0) is 14.9 Å². The van der Waals surface area contributed by atoms with Gasteiger partial charge in [-0.1, -0.05) is 69.5 Å². The van der Waals surface area contributed by atoms with E-state index in [0.29, 0.717) is 36.0 Å². The molecule has 0 unspecified atom stereocenters. The summed E-state index contributed by atoms with van der Waals surface area (Å²) in [5, 5.41) is 0.484. The van der Waals surface area contributed by atoms with Crippen molar-refractivity contribution in [2.75, 3.05) is 4.90 Å². The summed E-state index contributed by atoms with van der Waals surface area (Å²) < 4.78 is 32.8. The molecule has 1 aliphatic heterocycles. The van der Waals surface area contributed by atoms with E-state index in [1.54, 1.807) is 41.3 Å². The average molecular weight is 698 g/mol. The van der Waals surface area contributed by atoms with E-state index in [4.69, 9.17) is 9.18 Å². The molecule has 0 aromatic heterocycles. The minimum absolute atomic E-state index is 0.0211. The Hall–Kier alpha value is -3.18. The van der Waals surface area contributed by atoms with E-state index in [2.05, 4.69) is 31.9 Å². The van der Waals surface area contributed by atoms with Crippen LogP contribution in [0.15, 0.2) is 115 Å². The quantitative estimate of drug-likeness (QED) is 0.149. The lowest BCUT2D eigenvalue weighted by Crippen LogP contribution is -2.28. The first-order valence-corrected chi connectivity index (χ1v) is 15.9. The van der Waals surface area contributed by atoms with Crippen molar-refractivity contribution in [1.82, 2.24) is 0 Å². The Morgan fingerprint density at radius 1 is 0.875 bits per heavy atom. The van der Waals surface area contributed by atoms with E-state index in [-0.39, 0.29) is 16.6 Å². The molecule has 40 heavy (non-hydrogen) atoms. The number of rotatable bonds is 6. The van der Waals surface area contributed by atoms with Gasteiger partial charge in [0.2, 0.25) is 0 Å². The molecule has 0 N–H and O–H groups in total. The highest BCUT2D eigenvalue weighted by molar-refractivity contribution is 9.11. The second kappa shape index (κ2) is 11.7. The van der Waals surface area contributed by atoms with Crippen molar-refractivity contribution < 1.29 is 17.4 Å². The Balaban J connectivity index is 1.59. The largest absolute Gasteiger partial charge is 0.377 e. The molecule has 0 atom stereocenters. The van der Waals surface area contributed by atoms with Crippen LogP contribution >= 0.6 is 43.6 Å². The van der Waals surface area contributed by atoms with Gasteiger partial charge in [0.05, 0.1) is 20.8 Å². The van der Waals surface area contributed by atoms with Crippen LogP contribution in [0.1, 0.15) is 16.7 Å². The number of nitrogens with zero attached hydrogens (tertiary/aromatic N) is 2. The fraction of sp³-hybridized carbons (Fsp3) is 0.0667. The normalized spacial score (nSPS) is 15.7. The van der Waals surface area contributed by atoms with Gasteiger partial charge >= 0.3 is 10.1 Å². The van der Waals surface area contributed by atoms with Crippen LogP contribution in [0.4, 0.5) is 11.4 Å². The highest BCUT2D eigenvalue weighted by atomic mass is 79.9. The van der Waals surface area contributed by atoms with Gasteiger partial charge in [0.25, 0.3) is 5.91 Å². The first-order valence-electron chi connectivity index (χ1n) is 12.1. The molecule has 5 rings (SSSR count). The zero-order valence-corrected chi connectivity index (χ0v) is 26.1. The average Bonchev–Trinajstić information content (AvgIpc) is 3.22. The minimum Gasteiger partial charge on any atom is -0.377 e.